The minimum absolute atomic E-state index is 0.115. The lowest BCUT2D eigenvalue weighted by Gasteiger charge is -2.13. The summed E-state index contributed by atoms with van der Waals surface area (Å²) in [5, 5.41) is 12.7. The van der Waals surface area contributed by atoms with Gasteiger partial charge in [0.15, 0.2) is 11.0 Å². The topological polar surface area (TPSA) is 78.3 Å². The van der Waals surface area contributed by atoms with Crippen LogP contribution in [0.25, 0.3) is 17.1 Å². The van der Waals surface area contributed by atoms with Crippen molar-refractivity contribution in [3.63, 3.8) is 0 Å². The number of benzene rings is 3. The van der Waals surface area contributed by atoms with Gasteiger partial charge in [0, 0.05) is 11.8 Å². The van der Waals surface area contributed by atoms with Crippen LogP contribution in [0.4, 0.5) is 5.69 Å². The molecule has 0 saturated heterocycles. The zero-order valence-electron chi connectivity index (χ0n) is 18.9. The Labute approximate surface area is 207 Å². The molecule has 0 aliphatic carbocycles. The van der Waals surface area contributed by atoms with Crippen LogP contribution in [0, 0.1) is 6.92 Å². The van der Waals surface area contributed by atoms with E-state index in [2.05, 4.69) is 15.5 Å². The van der Waals surface area contributed by atoms with Crippen molar-refractivity contribution < 1.29 is 14.3 Å². The summed E-state index contributed by atoms with van der Waals surface area (Å²) in [5.74, 6) is 1.80. The third-order valence-electron chi connectivity index (χ3n) is 5.05. The number of halogens is 1. The average Bonchev–Trinajstić information content (AvgIpc) is 3.28. The fraction of sp³-hybridized carbons (Fsp3) is 0.160. The van der Waals surface area contributed by atoms with E-state index >= 15 is 0 Å². The van der Waals surface area contributed by atoms with Gasteiger partial charge in [-0.05, 0) is 43.3 Å². The van der Waals surface area contributed by atoms with E-state index in [0.29, 0.717) is 33.2 Å². The van der Waals surface area contributed by atoms with Crippen molar-refractivity contribution in [1.82, 2.24) is 14.8 Å². The highest BCUT2D eigenvalue weighted by Crippen LogP contribution is 2.33. The Bertz CT molecular complexity index is 1310. The second kappa shape index (κ2) is 10.6. The largest absolute Gasteiger partial charge is 0.497 e. The molecule has 0 radical (unpaired) electrons. The van der Waals surface area contributed by atoms with Crippen molar-refractivity contribution in [2.75, 3.05) is 25.3 Å². The van der Waals surface area contributed by atoms with Crippen molar-refractivity contribution in [3.8, 4) is 28.6 Å². The predicted molar refractivity (Wildman–Crippen MR) is 135 cm³/mol. The fourth-order valence-corrected chi connectivity index (χ4v) is 4.25. The number of carbonyl (C=O) groups excluding carboxylic acids is 1. The van der Waals surface area contributed by atoms with Gasteiger partial charge in [-0.2, -0.15) is 0 Å². The maximum Gasteiger partial charge on any atom is 0.234 e. The molecule has 4 rings (SSSR count). The van der Waals surface area contributed by atoms with E-state index in [-0.39, 0.29) is 11.7 Å². The van der Waals surface area contributed by atoms with E-state index in [1.165, 1.54) is 11.8 Å². The summed E-state index contributed by atoms with van der Waals surface area (Å²) in [7, 11) is 3.18. The van der Waals surface area contributed by atoms with Crippen LogP contribution in [0.2, 0.25) is 5.02 Å². The van der Waals surface area contributed by atoms with Crippen molar-refractivity contribution in [1.29, 1.82) is 0 Å². The number of anilines is 1. The Morgan fingerprint density at radius 2 is 1.79 bits per heavy atom. The number of amides is 1. The fourth-order valence-electron chi connectivity index (χ4n) is 3.34. The molecule has 1 aromatic heterocycles. The lowest BCUT2D eigenvalue weighted by Crippen LogP contribution is -2.15. The summed E-state index contributed by atoms with van der Waals surface area (Å²) in [4.78, 5) is 12.7. The van der Waals surface area contributed by atoms with Crippen LogP contribution in [-0.2, 0) is 4.79 Å². The first-order chi connectivity index (χ1) is 16.5. The van der Waals surface area contributed by atoms with Crippen molar-refractivity contribution in [2.24, 2.45) is 0 Å². The number of aromatic nitrogens is 3. The number of hydrogen-bond donors (Lipinski definition) is 1. The van der Waals surface area contributed by atoms with E-state index in [1.54, 1.807) is 32.4 Å². The third-order valence-corrected chi connectivity index (χ3v) is 6.31. The van der Waals surface area contributed by atoms with E-state index in [9.17, 15) is 4.79 Å². The molecule has 0 saturated carbocycles. The molecule has 174 valence electrons. The summed E-state index contributed by atoms with van der Waals surface area (Å²) >= 11 is 7.50. The summed E-state index contributed by atoms with van der Waals surface area (Å²) in [6.07, 6.45) is 0. The van der Waals surface area contributed by atoms with Gasteiger partial charge in [0.2, 0.25) is 5.91 Å². The van der Waals surface area contributed by atoms with E-state index in [1.807, 2.05) is 60.0 Å². The Balaban J connectivity index is 1.62. The Kier molecular flexibility index (Phi) is 7.40. The highest BCUT2D eigenvalue weighted by molar-refractivity contribution is 7.99. The molecular weight excluding hydrogens is 472 g/mol. The number of hydrogen-bond acceptors (Lipinski definition) is 6. The summed E-state index contributed by atoms with van der Waals surface area (Å²) in [5.41, 5.74) is 3.31. The Morgan fingerprint density at radius 1 is 1.03 bits per heavy atom. The molecule has 34 heavy (non-hydrogen) atoms. The smallest absolute Gasteiger partial charge is 0.234 e. The van der Waals surface area contributed by atoms with Crippen LogP contribution in [0.15, 0.2) is 71.9 Å². The van der Waals surface area contributed by atoms with Gasteiger partial charge >= 0.3 is 0 Å². The molecule has 1 amide bonds. The third kappa shape index (κ3) is 5.18. The molecule has 1 N–H and O–H groups in total. The maximum atomic E-state index is 12.7. The number of nitrogens with zero attached hydrogens (tertiary/aromatic N) is 3. The monoisotopic (exact) mass is 494 g/mol. The van der Waals surface area contributed by atoms with Gasteiger partial charge in [-0.15, -0.1) is 10.2 Å². The number of rotatable bonds is 8. The van der Waals surface area contributed by atoms with Crippen LogP contribution >= 0.6 is 23.4 Å². The normalized spacial score (nSPS) is 10.7. The molecule has 9 heteroatoms. The summed E-state index contributed by atoms with van der Waals surface area (Å²) in [6.45, 7) is 2.03. The molecule has 0 unspecified atom stereocenters. The van der Waals surface area contributed by atoms with Crippen LogP contribution in [0.3, 0.4) is 0 Å². The Morgan fingerprint density at radius 3 is 2.53 bits per heavy atom. The van der Waals surface area contributed by atoms with Crippen molar-refractivity contribution in [3.05, 3.63) is 77.3 Å². The number of carbonyl (C=O) groups is 1. The Hall–Kier alpha value is -3.49. The number of ether oxygens (including phenoxy) is 2. The van der Waals surface area contributed by atoms with E-state index < -0.39 is 0 Å². The second-order valence-corrected chi connectivity index (χ2v) is 8.71. The minimum atomic E-state index is -0.225. The van der Waals surface area contributed by atoms with Crippen LogP contribution in [0.1, 0.15) is 5.56 Å². The first-order valence-corrected chi connectivity index (χ1v) is 11.8. The maximum absolute atomic E-state index is 12.7. The molecule has 7 nitrogen and oxygen atoms in total. The lowest BCUT2D eigenvalue weighted by molar-refractivity contribution is -0.113. The predicted octanol–water partition coefficient (Wildman–Crippen LogP) is 5.64. The average molecular weight is 495 g/mol. The quantitative estimate of drug-likeness (QED) is 0.319. The molecular formula is C25H23ClN4O3S. The number of nitrogens with one attached hydrogen (secondary N) is 1. The zero-order chi connectivity index (χ0) is 24.1. The molecule has 0 spiro atoms. The molecule has 3 aromatic carbocycles. The van der Waals surface area contributed by atoms with Gasteiger partial charge < -0.3 is 14.8 Å². The first-order valence-electron chi connectivity index (χ1n) is 10.4. The molecule has 0 atom stereocenters. The number of para-hydroxylation sites is 1. The molecule has 1 heterocycles. The van der Waals surface area contributed by atoms with Gasteiger partial charge in [0.25, 0.3) is 0 Å². The summed E-state index contributed by atoms with van der Waals surface area (Å²) < 4.78 is 12.7. The lowest BCUT2D eigenvalue weighted by atomic mass is 10.1. The number of methoxy groups -OCH3 is 2. The van der Waals surface area contributed by atoms with Gasteiger partial charge in [-0.25, -0.2) is 0 Å². The second-order valence-electron chi connectivity index (χ2n) is 7.36. The number of thioether (sulfide) groups is 1. The van der Waals surface area contributed by atoms with Crippen LogP contribution < -0.4 is 14.8 Å². The van der Waals surface area contributed by atoms with E-state index in [0.717, 1.165) is 16.8 Å². The molecule has 0 aliphatic heterocycles. The van der Waals surface area contributed by atoms with Crippen molar-refractivity contribution in [2.45, 2.75) is 12.1 Å². The molecule has 0 fully saturated rings. The van der Waals surface area contributed by atoms with Crippen LogP contribution in [0.5, 0.6) is 11.5 Å². The van der Waals surface area contributed by atoms with Gasteiger partial charge in [0.1, 0.15) is 11.5 Å². The summed E-state index contributed by atoms with van der Waals surface area (Å²) in [6, 6.07) is 20.8. The minimum Gasteiger partial charge on any atom is -0.497 e. The van der Waals surface area contributed by atoms with Gasteiger partial charge in [0.05, 0.1) is 36.2 Å². The van der Waals surface area contributed by atoms with Gasteiger partial charge in [-0.3, -0.25) is 9.36 Å². The highest BCUT2D eigenvalue weighted by Gasteiger charge is 2.20. The molecule has 0 aliphatic rings. The highest BCUT2D eigenvalue weighted by atomic mass is 35.5. The van der Waals surface area contributed by atoms with Crippen LogP contribution in [-0.4, -0.2) is 40.6 Å². The standard InChI is InChI=1S/C25H23ClN4O3S/c1-16-8-10-17(11-9-16)30-24(19-6-4-5-7-22(19)33-3)28-29-25(30)34-15-23(31)27-21-14-18(32-2)12-13-20(21)26/h4-14H,15H2,1-3H3,(H,27,31). The number of aryl methyl sites for hydroxylation is 1. The molecule has 4 aromatic rings. The van der Waals surface area contributed by atoms with Gasteiger partial charge in [-0.1, -0.05) is 53.2 Å². The molecule has 0 bridgehead atoms. The SMILES string of the molecule is COc1ccc(Cl)c(NC(=O)CSc2nnc(-c3ccccc3OC)n2-c2ccc(C)cc2)c1. The van der Waals surface area contributed by atoms with E-state index in [4.69, 9.17) is 21.1 Å². The van der Waals surface area contributed by atoms with Crippen molar-refractivity contribution >= 4 is 35.0 Å². The first kappa shape index (κ1) is 23.7. The zero-order valence-corrected chi connectivity index (χ0v) is 20.5.